The predicted molar refractivity (Wildman–Crippen MR) is 63.1 cm³/mol. The zero-order chi connectivity index (χ0) is 11.6. The molecule has 0 bridgehead atoms. The van der Waals surface area contributed by atoms with Crippen LogP contribution < -0.4 is 0 Å². The topological polar surface area (TPSA) is 36.6 Å². The van der Waals surface area contributed by atoms with Gasteiger partial charge in [-0.3, -0.25) is 4.90 Å². The van der Waals surface area contributed by atoms with Crippen LogP contribution in [0, 0.1) is 12.3 Å². The van der Waals surface area contributed by atoms with E-state index in [1.807, 2.05) is 13.0 Å². The van der Waals surface area contributed by atoms with Crippen LogP contribution in [0.1, 0.15) is 31.3 Å². The highest BCUT2D eigenvalue weighted by Crippen LogP contribution is 2.30. The molecule has 3 nitrogen and oxygen atoms in total. The number of aliphatic hydroxyl groups is 1. The van der Waals surface area contributed by atoms with Gasteiger partial charge in [-0.15, -0.1) is 0 Å². The predicted octanol–water partition coefficient (Wildman–Crippen LogP) is 2.18. The number of hydrogen-bond donors (Lipinski definition) is 1. The Morgan fingerprint density at radius 3 is 2.56 bits per heavy atom. The molecule has 1 aliphatic rings. The molecule has 2 rings (SSSR count). The van der Waals surface area contributed by atoms with E-state index in [1.54, 1.807) is 0 Å². The lowest BCUT2D eigenvalue weighted by Gasteiger charge is -2.37. The molecule has 1 fully saturated rings. The first kappa shape index (κ1) is 11.7. The van der Waals surface area contributed by atoms with E-state index in [-0.39, 0.29) is 5.41 Å². The van der Waals surface area contributed by atoms with Crippen LogP contribution in [0.2, 0.25) is 0 Å². The second-order valence-corrected chi connectivity index (χ2v) is 5.26. The first-order valence-corrected chi connectivity index (χ1v) is 6.00. The van der Waals surface area contributed by atoms with Crippen LogP contribution >= 0.6 is 0 Å². The number of piperidine rings is 1. The van der Waals surface area contributed by atoms with Crippen LogP contribution in [0.4, 0.5) is 0 Å². The summed E-state index contributed by atoms with van der Waals surface area (Å²) in [6.07, 6.45) is 2.15. The highest BCUT2D eigenvalue weighted by molar-refractivity contribution is 5.05. The summed E-state index contributed by atoms with van der Waals surface area (Å²) >= 11 is 0. The average Bonchev–Trinajstić information content (AvgIpc) is 2.68. The van der Waals surface area contributed by atoms with Gasteiger partial charge in [0.05, 0.1) is 6.54 Å². The van der Waals surface area contributed by atoms with Gasteiger partial charge in [-0.1, -0.05) is 6.92 Å². The zero-order valence-electron chi connectivity index (χ0n) is 10.2. The number of aryl methyl sites for hydroxylation is 1. The third kappa shape index (κ3) is 2.66. The van der Waals surface area contributed by atoms with Crippen molar-refractivity contribution in [2.75, 3.05) is 19.7 Å². The minimum Gasteiger partial charge on any atom is -0.465 e. The average molecular weight is 223 g/mol. The molecule has 0 unspecified atom stereocenters. The first-order chi connectivity index (χ1) is 7.61. The Morgan fingerprint density at radius 2 is 2.06 bits per heavy atom. The molecule has 1 aromatic rings. The maximum absolute atomic E-state index is 9.29. The summed E-state index contributed by atoms with van der Waals surface area (Å²) in [5, 5.41) is 9.29. The van der Waals surface area contributed by atoms with E-state index >= 15 is 0 Å². The van der Waals surface area contributed by atoms with Crippen molar-refractivity contribution < 1.29 is 9.52 Å². The highest BCUT2D eigenvalue weighted by atomic mass is 16.3. The highest BCUT2D eigenvalue weighted by Gasteiger charge is 2.29. The van der Waals surface area contributed by atoms with Crippen molar-refractivity contribution in [2.45, 2.75) is 33.2 Å². The summed E-state index contributed by atoms with van der Waals surface area (Å²) in [6, 6.07) is 4.06. The molecule has 16 heavy (non-hydrogen) atoms. The van der Waals surface area contributed by atoms with Crippen LogP contribution in [0.25, 0.3) is 0 Å². The lowest BCUT2D eigenvalue weighted by molar-refractivity contribution is 0.0530. The van der Waals surface area contributed by atoms with E-state index in [0.29, 0.717) is 6.61 Å². The van der Waals surface area contributed by atoms with Crippen LogP contribution in [-0.4, -0.2) is 29.7 Å². The summed E-state index contributed by atoms with van der Waals surface area (Å²) in [4.78, 5) is 2.40. The van der Waals surface area contributed by atoms with Crippen LogP contribution in [-0.2, 0) is 6.54 Å². The Labute approximate surface area is 97.1 Å². The minimum atomic E-state index is 0.135. The molecule has 0 atom stereocenters. The molecule has 1 N–H and O–H groups in total. The Kier molecular flexibility index (Phi) is 3.36. The summed E-state index contributed by atoms with van der Waals surface area (Å²) in [5.74, 6) is 2.03. The SMILES string of the molecule is Cc1ccc(CN2CCC(C)(CO)CC2)o1. The maximum Gasteiger partial charge on any atom is 0.118 e. The monoisotopic (exact) mass is 223 g/mol. The second kappa shape index (κ2) is 4.60. The van der Waals surface area contributed by atoms with E-state index < -0.39 is 0 Å². The molecule has 0 aliphatic carbocycles. The van der Waals surface area contributed by atoms with Gasteiger partial charge in [-0.25, -0.2) is 0 Å². The number of aliphatic hydroxyl groups excluding tert-OH is 1. The van der Waals surface area contributed by atoms with Gasteiger partial charge in [-0.05, 0) is 50.4 Å². The van der Waals surface area contributed by atoms with Crippen LogP contribution in [0.3, 0.4) is 0 Å². The Balaban J connectivity index is 1.86. The zero-order valence-corrected chi connectivity index (χ0v) is 10.2. The van der Waals surface area contributed by atoms with E-state index in [1.165, 1.54) is 0 Å². The number of likely N-dealkylation sites (tertiary alicyclic amines) is 1. The van der Waals surface area contributed by atoms with E-state index in [0.717, 1.165) is 44.0 Å². The molecular formula is C13H21NO2. The van der Waals surface area contributed by atoms with Gasteiger partial charge in [0.25, 0.3) is 0 Å². The molecule has 0 amide bonds. The summed E-state index contributed by atoms with van der Waals surface area (Å²) < 4.78 is 5.57. The van der Waals surface area contributed by atoms with Crippen LogP contribution in [0.15, 0.2) is 16.5 Å². The lowest BCUT2D eigenvalue weighted by Crippen LogP contribution is -2.39. The normalized spacial score (nSPS) is 21.2. The van der Waals surface area contributed by atoms with Crippen molar-refractivity contribution in [3.05, 3.63) is 23.7 Å². The van der Waals surface area contributed by atoms with E-state index in [2.05, 4.69) is 17.9 Å². The number of hydrogen-bond acceptors (Lipinski definition) is 3. The second-order valence-electron chi connectivity index (χ2n) is 5.26. The van der Waals surface area contributed by atoms with Crippen molar-refractivity contribution in [1.29, 1.82) is 0 Å². The van der Waals surface area contributed by atoms with Crippen molar-refractivity contribution in [1.82, 2.24) is 4.90 Å². The summed E-state index contributed by atoms with van der Waals surface area (Å²) in [5.41, 5.74) is 0.135. The number of furan rings is 1. The minimum absolute atomic E-state index is 0.135. The van der Waals surface area contributed by atoms with Crippen molar-refractivity contribution >= 4 is 0 Å². The Morgan fingerprint density at radius 1 is 1.38 bits per heavy atom. The Hall–Kier alpha value is -0.800. The Bertz CT molecular complexity index is 337. The van der Waals surface area contributed by atoms with E-state index in [9.17, 15) is 5.11 Å². The number of nitrogens with zero attached hydrogens (tertiary/aromatic N) is 1. The fourth-order valence-corrected chi connectivity index (χ4v) is 2.20. The smallest absolute Gasteiger partial charge is 0.118 e. The molecule has 0 saturated carbocycles. The van der Waals surface area contributed by atoms with Gasteiger partial charge in [-0.2, -0.15) is 0 Å². The van der Waals surface area contributed by atoms with Gasteiger partial charge in [0.2, 0.25) is 0 Å². The van der Waals surface area contributed by atoms with Crippen molar-refractivity contribution in [3.63, 3.8) is 0 Å². The third-order valence-corrected chi connectivity index (χ3v) is 3.62. The van der Waals surface area contributed by atoms with Gasteiger partial charge < -0.3 is 9.52 Å². The van der Waals surface area contributed by atoms with Gasteiger partial charge in [0, 0.05) is 6.61 Å². The number of rotatable bonds is 3. The molecule has 90 valence electrons. The molecule has 0 spiro atoms. The van der Waals surface area contributed by atoms with E-state index in [4.69, 9.17) is 4.42 Å². The maximum atomic E-state index is 9.29. The van der Waals surface area contributed by atoms with Crippen molar-refractivity contribution in [2.24, 2.45) is 5.41 Å². The largest absolute Gasteiger partial charge is 0.465 e. The molecule has 1 aromatic heterocycles. The van der Waals surface area contributed by atoms with Crippen molar-refractivity contribution in [3.8, 4) is 0 Å². The van der Waals surface area contributed by atoms with Gasteiger partial charge in [0.1, 0.15) is 11.5 Å². The molecule has 2 heterocycles. The van der Waals surface area contributed by atoms with Gasteiger partial charge >= 0.3 is 0 Å². The summed E-state index contributed by atoms with van der Waals surface area (Å²) in [6.45, 7) is 7.45. The molecular weight excluding hydrogens is 202 g/mol. The molecule has 1 saturated heterocycles. The quantitative estimate of drug-likeness (QED) is 0.853. The standard InChI is InChI=1S/C13H21NO2/c1-11-3-4-12(16-11)9-14-7-5-13(2,10-15)6-8-14/h3-4,15H,5-10H2,1-2H3. The molecule has 0 radical (unpaired) electrons. The third-order valence-electron chi connectivity index (χ3n) is 3.62. The molecule has 1 aliphatic heterocycles. The molecule has 0 aromatic carbocycles. The summed E-state index contributed by atoms with van der Waals surface area (Å²) in [7, 11) is 0. The van der Waals surface area contributed by atoms with Crippen LogP contribution in [0.5, 0.6) is 0 Å². The fraction of sp³-hybridized carbons (Fsp3) is 0.692. The first-order valence-electron chi connectivity index (χ1n) is 6.00. The van der Waals surface area contributed by atoms with Gasteiger partial charge in [0.15, 0.2) is 0 Å². The molecule has 3 heteroatoms. The fourth-order valence-electron chi connectivity index (χ4n) is 2.20. The lowest BCUT2D eigenvalue weighted by atomic mass is 9.81.